The fourth-order valence-electron chi connectivity index (χ4n) is 6.46. The molecule has 0 aromatic carbocycles. The van der Waals surface area contributed by atoms with Crippen LogP contribution in [-0.2, 0) is 28.6 Å². The molecule has 0 amide bonds. The Morgan fingerprint density at radius 2 is 0.618 bits per heavy atom. The van der Waals surface area contributed by atoms with Crippen LogP contribution >= 0.6 is 0 Å². The van der Waals surface area contributed by atoms with Crippen molar-refractivity contribution in [1.29, 1.82) is 0 Å². The second-order valence-electron chi connectivity index (χ2n) is 15.7. The maximum Gasteiger partial charge on any atom is 0.306 e. The predicted molar refractivity (Wildman–Crippen MR) is 233 cm³/mol. The fraction of sp³-hybridized carbons (Fsp3) is 0.816. The van der Waals surface area contributed by atoms with Gasteiger partial charge in [0.05, 0.1) is 0 Å². The molecule has 0 spiro atoms. The molecule has 0 aliphatic heterocycles. The third kappa shape index (κ3) is 42.6. The largest absolute Gasteiger partial charge is 0.462 e. The summed E-state index contributed by atoms with van der Waals surface area (Å²) in [4.78, 5) is 37.7. The van der Waals surface area contributed by atoms with Crippen molar-refractivity contribution in [2.24, 2.45) is 0 Å². The van der Waals surface area contributed by atoms with E-state index in [0.717, 1.165) is 83.5 Å². The minimum Gasteiger partial charge on any atom is -0.462 e. The minimum absolute atomic E-state index is 0.0818. The number of carbonyl (C=O) groups is 3. The van der Waals surface area contributed by atoms with Crippen LogP contribution in [0, 0.1) is 0 Å². The van der Waals surface area contributed by atoms with Crippen LogP contribution in [0.15, 0.2) is 36.5 Å². The smallest absolute Gasteiger partial charge is 0.306 e. The van der Waals surface area contributed by atoms with E-state index in [0.29, 0.717) is 19.3 Å². The Kier molecular flexibility index (Phi) is 42.4. The van der Waals surface area contributed by atoms with Crippen molar-refractivity contribution in [2.75, 3.05) is 13.2 Å². The van der Waals surface area contributed by atoms with E-state index in [1.54, 1.807) is 0 Å². The van der Waals surface area contributed by atoms with E-state index in [-0.39, 0.29) is 31.1 Å². The molecule has 0 aliphatic carbocycles. The van der Waals surface area contributed by atoms with Crippen LogP contribution in [-0.4, -0.2) is 37.2 Å². The zero-order valence-corrected chi connectivity index (χ0v) is 36.4. The summed E-state index contributed by atoms with van der Waals surface area (Å²) in [6.07, 6.45) is 49.8. The first-order valence-corrected chi connectivity index (χ1v) is 23.5. The molecule has 0 unspecified atom stereocenters. The average molecular weight is 773 g/mol. The molecule has 0 N–H and O–H groups in total. The van der Waals surface area contributed by atoms with Gasteiger partial charge in [0.1, 0.15) is 13.2 Å². The van der Waals surface area contributed by atoms with E-state index in [4.69, 9.17) is 14.2 Å². The van der Waals surface area contributed by atoms with E-state index in [1.807, 2.05) is 0 Å². The van der Waals surface area contributed by atoms with Crippen LogP contribution in [0.3, 0.4) is 0 Å². The van der Waals surface area contributed by atoms with Gasteiger partial charge in [-0.15, -0.1) is 0 Å². The molecule has 0 heterocycles. The number of hydrogen-bond acceptors (Lipinski definition) is 6. The summed E-state index contributed by atoms with van der Waals surface area (Å²) < 4.78 is 16.7. The van der Waals surface area contributed by atoms with Crippen molar-refractivity contribution in [1.82, 2.24) is 0 Å². The van der Waals surface area contributed by atoms with E-state index in [2.05, 4.69) is 57.2 Å². The number of esters is 3. The zero-order valence-electron chi connectivity index (χ0n) is 36.4. The van der Waals surface area contributed by atoms with Crippen molar-refractivity contribution < 1.29 is 28.6 Å². The number of rotatable bonds is 42. The molecule has 0 saturated carbocycles. The molecule has 0 fully saturated rings. The van der Waals surface area contributed by atoms with Crippen molar-refractivity contribution in [3.8, 4) is 0 Å². The highest BCUT2D eigenvalue weighted by molar-refractivity contribution is 5.71. The van der Waals surface area contributed by atoms with Crippen LogP contribution < -0.4 is 0 Å². The number of hydrogen-bond donors (Lipinski definition) is 0. The molecule has 0 aromatic rings. The molecular formula is C49H88O6. The summed E-state index contributed by atoms with van der Waals surface area (Å²) in [5, 5.41) is 0. The van der Waals surface area contributed by atoms with Gasteiger partial charge in [-0.2, -0.15) is 0 Å². The summed E-state index contributed by atoms with van der Waals surface area (Å²) in [5.74, 6) is -0.908. The molecule has 0 bridgehead atoms. The Balaban J connectivity index is 4.37. The second-order valence-corrected chi connectivity index (χ2v) is 15.7. The quantitative estimate of drug-likeness (QED) is 0.0266. The maximum absolute atomic E-state index is 12.7. The highest BCUT2D eigenvalue weighted by Crippen LogP contribution is 2.13. The van der Waals surface area contributed by atoms with Gasteiger partial charge in [0.2, 0.25) is 0 Å². The van der Waals surface area contributed by atoms with Gasteiger partial charge >= 0.3 is 17.9 Å². The van der Waals surface area contributed by atoms with Gasteiger partial charge in [-0.1, -0.05) is 173 Å². The van der Waals surface area contributed by atoms with Crippen molar-refractivity contribution in [3.63, 3.8) is 0 Å². The van der Waals surface area contributed by atoms with E-state index in [1.165, 1.54) is 116 Å². The SMILES string of the molecule is CCCC/C=C\CCCCCCCC(=O)OC[C@H](COC(=O)CCCCCCC/C=C\CCCCCCCC)OC(=O)CCCCCCC/C=C\CCCC. The Morgan fingerprint density at radius 3 is 0.964 bits per heavy atom. The Morgan fingerprint density at radius 1 is 0.345 bits per heavy atom. The fourth-order valence-corrected chi connectivity index (χ4v) is 6.46. The number of unbranched alkanes of at least 4 members (excludes halogenated alkanes) is 25. The van der Waals surface area contributed by atoms with Gasteiger partial charge in [0.15, 0.2) is 6.10 Å². The highest BCUT2D eigenvalue weighted by atomic mass is 16.6. The molecule has 6 nitrogen and oxygen atoms in total. The van der Waals surface area contributed by atoms with E-state index < -0.39 is 6.10 Å². The molecule has 0 radical (unpaired) electrons. The first-order valence-electron chi connectivity index (χ1n) is 23.5. The standard InChI is InChI=1S/C49H88O6/c1-4-7-10-13-16-19-22-23-24-25-28-30-33-36-39-42-48(51)54-45-46(55-49(52)43-40-37-34-31-27-21-18-15-12-9-6-3)44-53-47(50)41-38-35-32-29-26-20-17-14-11-8-5-2/h14-15,17-18,23-24,46H,4-13,16,19-22,25-45H2,1-3H3/b17-14-,18-15-,24-23-/t46-/m1/s1. The summed E-state index contributed by atoms with van der Waals surface area (Å²) in [6.45, 7) is 6.53. The van der Waals surface area contributed by atoms with Crippen molar-refractivity contribution in [2.45, 2.75) is 245 Å². The Labute approximate surface area is 340 Å². The normalized spacial score (nSPS) is 12.3. The highest BCUT2D eigenvalue weighted by Gasteiger charge is 2.19. The van der Waals surface area contributed by atoms with Crippen LogP contribution in [0.4, 0.5) is 0 Å². The number of allylic oxidation sites excluding steroid dienone is 6. The lowest BCUT2D eigenvalue weighted by atomic mass is 10.1. The molecule has 55 heavy (non-hydrogen) atoms. The minimum atomic E-state index is -0.778. The summed E-state index contributed by atoms with van der Waals surface area (Å²) in [5.41, 5.74) is 0. The third-order valence-corrected chi connectivity index (χ3v) is 10.1. The van der Waals surface area contributed by atoms with Gasteiger partial charge in [0, 0.05) is 19.3 Å². The van der Waals surface area contributed by atoms with Crippen LogP contribution in [0.1, 0.15) is 239 Å². The Hall–Kier alpha value is -2.37. The molecule has 1 atom stereocenters. The number of ether oxygens (including phenoxy) is 3. The molecule has 0 rings (SSSR count). The maximum atomic E-state index is 12.7. The second kappa shape index (κ2) is 44.3. The van der Waals surface area contributed by atoms with E-state index in [9.17, 15) is 14.4 Å². The number of carbonyl (C=O) groups excluding carboxylic acids is 3. The van der Waals surface area contributed by atoms with Gasteiger partial charge in [-0.3, -0.25) is 14.4 Å². The van der Waals surface area contributed by atoms with Crippen LogP contribution in [0.5, 0.6) is 0 Å². The van der Waals surface area contributed by atoms with Gasteiger partial charge in [-0.05, 0) is 83.5 Å². The molecule has 0 aliphatic rings. The molecule has 320 valence electrons. The third-order valence-electron chi connectivity index (χ3n) is 10.1. The summed E-state index contributed by atoms with van der Waals surface area (Å²) in [7, 11) is 0. The lowest BCUT2D eigenvalue weighted by molar-refractivity contribution is -0.167. The van der Waals surface area contributed by atoms with Gasteiger partial charge in [-0.25, -0.2) is 0 Å². The lowest BCUT2D eigenvalue weighted by Crippen LogP contribution is -2.30. The predicted octanol–water partition coefficient (Wildman–Crippen LogP) is 15.0. The summed E-state index contributed by atoms with van der Waals surface area (Å²) in [6, 6.07) is 0. The molecule has 0 aromatic heterocycles. The van der Waals surface area contributed by atoms with Gasteiger partial charge in [0.25, 0.3) is 0 Å². The lowest BCUT2D eigenvalue weighted by Gasteiger charge is -2.18. The molecular weight excluding hydrogens is 685 g/mol. The first-order chi connectivity index (χ1) is 27.0. The van der Waals surface area contributed by atoms with Crippen LogP contribution in [0.25, 0.3) is 0 Å². The van der Waals surface area contributed by atoms with E-state index >= 15 is 0 Å². The average Bonchev–Trinajstić information content (AvgIpc) is 3.18. The topological polar surface area (TPSA) is 78.9 Å². The van der Waals surface area contributed by atoms with Crippen molar-refractivity contribution in [3.05, 3.63) is 36.5 Å². The molecule has 0 saturated heterocycles. The zero-order chi connectivity index (χ0) is 40.1. The van der Waals surface area contributed by atoms with Gasteiger partial charge < -0.3 is 14.2 Å². The summed E-state index contributed by atoms with van der Waals surface area (Å²) >= 11 is 0. The Bertz CT molecular complexity index is 938. The molecule has 6 heteroatoms. The van der Waals surface area contributed by atoms with Crippen LogP contribution in [0.2, 0.25) is 0 Å². The van der Waals surface area contributed by atoms with Crippen molar-refractivity contribution >= 4 is 17.9 Å². The monoisotopic (exact) mass is 773 g/mol. The first kappa shape index (κ1) is 52.6.